The number of nitrogens with zero attached hydrogens (tertiary/aromatic N) is 1. The fourth-order valence-electron chi connectivity index (χ4n) is 2.68. The SMILES string of the molecule is CCNC1CCN(Cc2cc(C)c(F)c(C)c2)C1=O. The first-order valence-electron chi connectivity index (χ1n) is 6.80. The molecule has 1 unspecified atom stereocenters. The third-order valence-corrected chi connectivity index (χ3v) is 3.62. The second-order valence-electron chi connectivity index (χ2n) is 5.20. The van der Waals surface area contributed by atoms with E-state index >= 15 is 0 Å². The van der Waals surface area contributed by atoms with Crippen LogP contribution in [-0.2, 0) is 11.3 Å². The molecule has 1 aromatic carbocycles. The average molecular weight is 264 g/mol. The molecule has 1 saturated heterocycles. The summed E-state index contributed by atoms with van der Waals surface area (Å²) in [7, 11) is 0. The van der Waals surface area contributed by atoms with Crippen LogP contribution in [0, 0.1) is 19.7 Å². The summed E-state index contributed by atoms with van der Waals surface area (Å²) in [5, 5.41) is 3.19. The molecule has 4 heteroatoms. The molecule has 1 aromatic rings. The van der Waals surface area contributed by atoms with Crippen molar-refractivity contribution in [1.29, 1.82) is 0 Å². The lowest BCUT2D eigenvalue weighted by molar-refractivity contribution is -0.129. The quantitative estimate of drug-likeness (QED) is 0.903. The van der Waals surface area contributed by atoms with Gasteiger partial charge in [-0.1, -0.05) is 19.1 Å². The van der Waals surface area contributed by atoms with E-state index in [4.69, 9.17) is 0 Å². The van der Waals surface area contributed by atoms with Crippen molar-refractivity contribution in [3.63, 3.8) is 0 Å². The molecule has 0 radical (unpaired) electrons. The molecule has 0 bridgehead atoms. The van der Waals surface area contributed by atoms with Crippen LogP contribution in [0.4, 0.5) is 4.39 Å². The van der Waals surface area contributed by atoms with Gasteiger partial charge in [0.05, 0.1) is 6.04 Å². The lowest BCUT2D eigenvalue weighted by Crippen LogP contribution is -2.37. The van der Waals surface area contributed by atoms with Crippen molar-refractivity contribution in [3.8, 4) is 0 Å². The summed E-state index contributed by atoms with van der Waals surface area (Å²) >= 11 is 0. The third-order valence-electron chi connectivity index (χ3n) is 3.62. The van der Waals surface area contributed by atoms with Gasteiger partial charge in [-0.2, -0.15) is 0 Å². The Bertz CT molecular complexity index is 464. The number of benzene rings is 1. The molecule has 1 heterocycles. The van der Waals surface area contributed by atoms with Gasteiger partial charge < -0.3 is 10.2 Å². The van der Waals surface area contributed by atoms with Crippen molar-refractivity contribution in [2.24, 2.45) is 0 Å². The standard InChI is InChI=1S/C15H21FN2O/c1-4-17-13-5-6-18(15(13)19)9-12-7-10(2)14(16)11(3)8-12/h7-8,13,17H,4-6,9H2,1-3H3. The fraction of sp³-hybridized carbons (Fsp3) is 0.533. The second-order valence-corrected chi connectivity index (χ2v) is 5.20. The van der Waals surface area contributed by atoms with Crippen molar-refractivity contribution in [1.82, 2.24) is 10.2 Å². The first kappa shape index (κ1) is 14.0. The van der Waals surface area contributed by atoms with E-state index in [1.807, 2.05) is 24.0 Å². The van der Waals surface area contributed by atoms with Crippen LogP contribution in [0.5, 0.6) is 0 Å². The van der Waals surface area contributed by atoms with Gasteiger partial charge in [-0.3, -0.25) is 4.79 Å². The summed E-state index contributed by atoms with van der Waals surface area (Å²) in [6.07, 6.45) is 0.853. The Morgan fingerprint density at radius 1 is 1.37 bits per heavy atom. The Labute approximate surface area is 113 Å². The maximum atomic E-state index is 13.6. The summed E-state index contributed by atoms with van der Waals surface area (Å²) < 4.78 is 13.6. The van der Waals surface area contributed by atoms with Gasteiger partial charge >= 0.3 is 0 Å². The van der Waals surface area contributed by atoms with Crippen LogP contribution in [0.25, 0.3) is 0 Å². The lowest BCUT2D eigenvalue weighted by atomic mass is 10.1. The summed E-state index contributed by atoms with van der Waals surface area (Å²) in [5.74, 6) is 0.00325. The van der Waals surface area contributed by atoms with E-state index in [-0.39, 0.29) is 17.8 Å². The largest absolute Gasteiger partial charge is 0.337 e. The van der Waals surface area contributed by atoms with Crippen LogP contribution in [0.1, 0.15) is 30.0 Å². The molecule has 0 saturated carbocycles. The maximum absolute atomic E-state index is 13.6. The van der Waals surface area contributed by atoms with Crippen LogP contribution in [0.15, 0.2) is 12.1 Å². The minimum atomic E-state index is -0.151. The van der Waals surface area contributed by atoms with Crippen molar-refractivity contribution in [2.45, 2.75) is 39.8 Å². The third kappa shape index (κ3) is 2.95. The smallest absolute Gasteiger partial charge is 0.240 e. The summed E-state index contributed by atoms with van der Waals surface area (Å²) in [6, 6.07) is 3.61. The van der Waals surface area contributed by atoms with Gasteiger partial charge in [-0.25, -0.2) is 4.39 Å². The molecular formula is C15H21FN2O. The predicted octanol–water partition coefficient (Wildman–Crippen LogP) is 2.15. The van der Waals surface area contributed by atoms with E-state index in [2.05, 4.69) is 5.32 Å². The highest BCUT2D eigenvalue weighted by molar-refractivity contribution is 5.83. The van der Waals surface area contributed by atoms with E-state index in [1.165, 1.54) is 0 Å². The number of aryl methyl sites for hydroxylation is 2. The van der Waals surface area contributed by atoms with Gasteiger partial charge in [-0.05, 0) is 43.5 Å². The Hall–Kier alpha value is -1.42. The molecule has 1 fully saturated rings. The number of hydrogen-bond donors (Lipinski definition) is 1. The zero-order chi connectivity index (χ0) is 14.0. The maximum Gasteiger partial charge on any atom is 0.240 e. The second kappa shape index (κ2) is 5.70. The Balaban J connectivity index is 2.08. The van der Waals surface area contributed by atoms with Gasteiger partial charge in [0, 0.05) is 13.1 Å². The highest BCUT2D eigenvalue weighted by Gasteiger charge is 2.30. The number of nitrogens with one attached hydrogen (secondary N) is 1. The molecule has 1 aliphatic heterocycles. The van der Waals surface area contributed by atoms with E-state index in [1.54, 1.807) is 13.8 Å². The van der Waals surface area contributed by atoms with E-state index in [0.29, 0.717) is 17.7 Å². The van der Waals surface area contributed by atoms with Crippen molar-refractivity contribution in [2.75, 3.05) is 13.1 Å². The highest BCUT2D eigenvalue weighted by atomic mass is 19.1. The van der Waals surface area contributed by atoms with E-state index in [0.717, 1.165) is 25.1 Å². The first-order valence-corrected chi connectivity index (χ1v) is 6.80. The summed E-state index contributed by atoms with van der Waals surface area (Å²) in [5.41, 5.74) is 2.29. The topological polar surface area (TPSA) is 32.3 Å². The lowest BCUT2D eigenvalue weighted by Gasteiger charge is -2.18. The van der Waals surface area contributed by atoms with Gasteiger partial charge in [-0.15, -0.1) is 0 Å². The average Bonchev–Trinajstić information content (AvgIpc) is 2.69. The number of rotatable bonds is 4. The number of likely N-dealkylation sites (tertiary alicyclic amines) is 1. The van der Waals surface area contributed by atoms with Crippen LogP contribution in [0.3, 0.4) is 0 Å². The van der Waals surface area contributed by atoms with Crippen LogP contribution in [-0.4, -0.2) is 29.9 Å². The van der Waals surface area contributed by atoms with E-state index in [9.17, 15) is 9.18 Å². The Kier molecular flexibility index (Phi) is 4.20. The molecule has 1 aliphatic rings. The number of carbonyl (C=O) groups is 1. The molecule has 0 aliphatic carbocycles. The fourth-order valence-corrected chi connectivity index (χ4v) is 2.68. The molecule has 1 amide bonds. The minimum Gasteiger partial charge on any atom is -0.337 e. The number of amides is 1. The first-order chi connectivity index (χ1) is 9.02. The zero-order valence-electron chi connectivity index (χ0n) is 11.8. The Morgan fingerprint density at radius 2 is 2.00 bits per heavy atom. The predicted molar refractivity (Wildman–Crippen MR) is 73.4 cm³/mol. The molecule has 1 atom stereocenters. The van der Waals surface area contributed by atoms with E-state index < -0.39 is 0 Å². The van der Waals surface area contributed by atoms with Crippen molar-refractivity contribution in [3.05, 3.63) is 34.6 Å². The van der Waals surface area contributed by atoms with Gasteiger partial charge in [0.2, 0.25) is 5.91 Å². The molecule has 2 rings (SSSR count). The number of carbonyl (C=O) groups excluding carboxylic acids is 1. The monoisotopic (exact) mass is 264 g/mol. The summed E-state index contributed by atoms with van der Waals surface area (Å²) in [6.45, 7) is 7.68. The number of likely N-dealkylation sites (N-methyl/N-ethyl adjacent to an activating group) is 1. The summed E-state index contributed by atoms with van der Waals surface area (Å²) in [4.78, 5) is 14.0. The molecule has 0 aromatic heterocycles. The molecular weight excluding hydrogens is 243 g/mol. The number of halogens is 1. The Morgan fingerprint density at radius 3 is 2.58 bits per heavy atom. The molecule has 19 heavy (non-hydrogen) atoms. The molecule has 1 N–H and O–H groups in total. The van der Waals surface area contributed by atoms with Gasteiger partial charge in [0.15, 0.2) is 0 Å². The van der Waals surface area contributed by atoms with Gasteiger partial charge in [0.25, 0.3) is 0 Å². The number of hydrogen-bond acceptors (Lipinski definition) is 2. The van der Waals surface area contributed by atoms with Crippen LogP contribution >= 0.6 is 0 Å². The zero-order valence-corrected chi connectivity index (χ0v) is 11.8. The van der Waals surface area contributed by atoms with Crippen LogP contribution < -0.4 is 5.32 Å². The van der Waals surface area contributed by atoms with Crippen LogP contribution in [0.2, 0.25) is 0 Å². The van der Waals surface area contributed by atoms with Gasteiger partial charge in [0.1, 0.15) is 5.82 Å². The minimum absolute atomic E-state index is 0.0485. The highest BCUT2D eigenvalue weighted by Crippen LogP contribution is 2.19. The van der Waals surface area contributed by atoms with Crippen molar-refractivity contribution >= 4 is 5.91 Å². The molecule has 104 valence electrons. The van der Waals surface area contributed by atoms with Crippen molar-refractivity contribution < 1.29 is 9.18 Å². The normalized spacial score (nSPS) is 19.3. The molecule has 0 spiro atoms. The molecule has 3 nitrogen and oxygen atoms in total.